The second-order valence-electron chi connectivity index (χ2n) is 6.95. The highest BCUT2D eigenvalue weighted by Gasteiger charge is 2.10. The molecule has 0 bridgehead atoms. The predicted molar refractivity (Wildman–Crippen MR) is 102 cm³/mol. The summed E-state index contributed by atoms with van der Waals surface area (Å²) in [5.41, 5.74) is 3.59. The molecule has 1 amide bonds. The number of carbonyl (C=O) groups excluding carboxylic acids is 1. The van der Waals surface area contributed by atoms with Gasteiger partial charge >= 0.3 is 0 Å². The third-order valence-corrected chi connectivity index (χ3v) is 4.24. The maximum atomic E-state index is 12.3. The van der Waals surface area contributed by atoms with E-state index in [-0.39, 0.29) is 11.8 Å². The number of aryl methyl sites for hydroxylation is 3. The van der Waals surface area contributed by atoms with Gasteiger partial charge in [0, 0.05) is 30.1 Å². The molecule has 0 saturated carbocycles. The summed E-state index contributed by atoms with van der Waals surface area (Å²) < 4.78 is 7.07. The Morgan fingerprint density at radius 2 is 1.96 bits per heavy atom. The minimum Gasteiger partial charge on any atom is -0.352 e. The average molecular weight is 367 g/mol. The summed E-state index contributed by atoms with van der Waals surface area (Å²) in [6.45, 7) is 8.57. The van der Waals surface area contributed by atoms with E-state index < -0.39 is 0 Å². The van der Waals surface area contributed by atoms with Crippen molar-refractivity contribution in [3.05, 3.63) is 59.0 Å². The Balaban J connectivity index is 1.50. The fourth-order valence-corrected chi connectivity index (χ4v) is 2.79. The van der Waals surface area contributed by atoms with Crippen LogP contribution in [0.4, 0.5) is 0 Å². The van der Waals surface area contributed by atoms with Crippen LogP contribution in [0.5, 0.6) is 0 Å². The number of amides is 1. The van der Waals surface area contributed by atoms with E-state index in [2.05, 4.69) is 20.6 Å². The van der Waals surface area contributed by atoms with E-state index in [9.17, 15) is 4.79 Å². The lowest BCUT2D eigenvalue weighted by molar-refractivity contribution is 0.0953. The van der Waals surface area contributed by atoms with Crippen molar-refractivity contribution in [2.75, 3.05) is 6.54 Å². The number of aromatic nitrogens is 4. The molecule has 2 heterocycles. The zero-order valence-electron chi connectivity index (χ0n) is 16.2. The molecule has 27 heavy (non-hydrogen) atoms. The van der Waals surface area contributed by atoms with Crippen molar-refractivity contribution >= 4 is 5.91 Å². The van der Waals surface area contributed by atoms with Crippen LogP contribution in [0.15, 0.2) is 34.9 Å². The smallest absolute Gasteiger partial charge is 0.251 e. The van der Waals surface area contributed by atoms with E-state index in [4.69, 9.17) is 4.52 Å². The van der Waals surface area contributed by atoms with E-state index in [1.54, 1.807) is 0 Å². The molecular weight excluding hydrogens is 342 g/mol. The Labute approximate surface area is 158 Å². The minimum absolute atomic E-state index is 0.0942. The van der Waals surface area contributed by atoms with E-state index >= 15 is 0 Å². The van der Waals surface area contributed by atoms with E-state index in [0.29, 0.717) is 24.4 Å². The first-order valence-corrected chi connectivity index (χ1v) is 9.18. The maximum absolute atomic E-state index is 12.3. The molecule has 1 N–H and O–H groups in total. The van der Waals surface area contributed by atoms with Gasteiger partial charge in [0.05, 0.1) is 11.4 Å². The molecule has 0 aliphatic carbocycles. The van der Waals surface area contributed by atoms with Gasteiger partial charge in [-0.3, -0.25) is 4.79 Å². The van der Waals surface area contributed by atoms with Crippen LogP contribution < -0.4 is 5.32 Å². The number of nitrogens with one attached hydrogen (secondary N) is 1. The molecule has 0 saturated heterocycles. The van der Waals surface area contributed by atoms with Gasteiger partial charge in [-0.2, -0.15) is 10.1 Å². The summed E-state index contributed by atoms with van der Waals surface area (Å²) in [4.78, 5) is 16.6. The molecule has 0 radical (unpaired) electrons. The SMILES string of the molecule is Cc1cc(C)n(-c2ccc(C(=O)NCCCc3nc(C(C)C)no3)cc2)n1. The van der Waals surface area contributed by atoms with Crippen molar-refractivity contribution in [1.82, 2.24) is 25.2 Å². The van der Waals surface area contributed by atoms with Crippen molar-refractivity contribution in [2.45, 2.75) is 46.5 Å². The number of rotatable bonds is 7. The van der Waals surface area contributed by atoms with Gasteiger partial charge in [-0.25, -0.2) is 4.68 Å². The molecule has 7 nitrogen and oxygen atoms in total. The molecule has 7 heteroatoms. The van der Waals surface area contributed by atoms with Crippen LogP contribution in [-0.2, 0) is 6.42 Å². The topological polar surface area (TPSA) is 85.8 Å². The second-order valence-corrected chi connectivity index (χ2v) is 6.95. The number of hydrogen-bond acceptors (Lipinski definition) is 5. The quantitative estimate of drug-likeness (QED) is 0.647. The molecular formula is C20H25N5O2. The molecule has 3 aromatic rings. The van der Waals surface area contributed by atoms with E-state index in [1.807, 2.05) is 62.7 Å². The van der Waals surface area contributed by atoms with Gasteiger partial charge in [0.2, 0.25) is 5.89 Å². The lowest BCUT2D eigenvalue weighted by Gasteiger charge is -2.07. The van der Waals surface area contributed by atoms with Crippen LogP contribution in [0, 0.1) is 13.8 Å². The minimum atomic E-state index is -0.0942. The monoisotopic (exact) mass is 367 g/mol. The Kier molecular flexibility index (Phi) is 5.69. The molecule has 142 valence electrons. The summed E-state index contributed by atoms with van der Waals surface area (Å²) in [5, 5.41) is 11.3. The van der Waals surface area contributed by atoms with Crippen molar-refractivity contribution in [2.24, 2.45) is 0 Å². The van der Waals surface area contributed by atoms with Crippen molar-refractivity contribution in [3.8, 4) is 5.69 Å². The molecule has 0 fully saturated rings. The van der Waals surface area contributed by atoms with Crippen LogP contribution in [0.3, 0.4) is 0 Å². The van der Waals surface area contributed by atoms with Crippen LogP contribution in [-0.4, -0.2) is 32.4 Å². The molecule has 2 aromatic heterocycles. The van der Waals surface area contributed by atoms with Gasteiger partial charge in [0.25, 0.3) is 5.91 Å². The zero-order valence-corrected chi connectivity index (χ0v) is 16.2. The van der Waals surface area contributed by atoms with Crippen LogP contribution in [0.2, 0.25) is 0 Å². The molecule has 3 rings (SSSR count). The highest BCUT2D eigenvalue weighted by atomic mass is 16.5. The van der Waals surface area contributed by atoms with Crippen LogP contribution >= 0.6 is 0 Å². The van der Waals surface area contributed by atoms with Gasteiger partial charge in [0.1, 0.15) is 0 Å². The predicted octanol–water partition coefficient (Wildman–Crippen LogP) is 3.36. The van der Waals surface area contributed by atoms with E-state index in [0.717, 1.165) is 29.3 Å². The van der Waals surface area contributed by atoms with Crippen molar-refractivity contribution < 1.29 is 9.32 Å². The normalized spacial score (nSPS) is 11.1. The molecule has 0 spiro atoms. The standard InChI is InChI=1S/C20H25N5O2/c1-13(2)19-22-18(27-24-19)6-5-11-21-20(26)16-7-9-17(10-8-16)25-15(4)12-14(3)23-25/h7-10,12-13H,5-6,11H2,1-4H3,(H,21,26). The summed E-state index contributed by atoms with van der Waals surface area (Å²) in [6.07, 6.45) is 1.40. The molecule has 0 unspecified atom stereocenters. The first kappa shape index (κ1) is 18.8. The lowest BCUT2D eigenvalue weighted by atomic mass is 10.2. The third kappa shape index (κ3) is 4.61. The number of nitrogens with zero attached hydrogens (tertiary/aromatic N) is 4. The van der Waals surface area contributed by atoms with Gasteiger partial charge in [0.15, 0.2) is 5.82 Å². The maximum Gasteiger partial charge on any atom is 0.251 e. The molecule has 0 atom stereocenters. The summed E-state index contributed by atoms with van der Waals surface area (Å²) in [5.74, 6) is 1.49. The Bertz CT molecular complexity index is 909. The van der Waals surface area contributed by atoms with Crippen molar-refractivity contribution in [1.29, 1.82) is 0 Å². The van der Waals surface area contributed by atoms with Crippen molar-refractivity contribution in [3.63, 3.8) is 0 Å². The highest BCUT2D eigenvalue weighted by molar-refractivity contribution is 5.94. The Morgan fingerprint density at radius 3 is 2.56 bits per heavy atom. The number of benzene rings is 1. The van der Waals surface area contributed by atoms with Gasteiger partial charge in [-0.05, 0) is 50.6 Å². The van der Waals surface area contributed by atoms with Gasteiger partial charge in [-0.1, -0.05) is 19.0 Å². The molecule has 0 aliphatic heterocycles. The fourth-order valence-electron chi connectivity index (χ4n) is 2.79. The first-order valence-electron chi connectivity index (χ1n) is 9.18. The lowest BCUT2D eigenvalue weighted by Crippen LogP contribution is -2.24. The average Bonchev–Trinajstić information content (AvgIpc) is 3.25. The second kappa shape index (κ2) is 8.16. The zero-order chi connectivity index (χ0) is 19.4. The largest absolute Gasteiger partial charge is 0.352 e. The Morgan fingerprint density at radius 1 is 1.22 bits per heavy atom. The summed E-state index contributed by atoms with van der Waals surface area (Å²) in [6, 6.07) is 9.46. The van der Waals surface area contributed by atoms with E-state index in [1.165, 1.54) is 0 Å². The van der Waals surface area contributed by atoms with Gasteiger partial charge < -0.3 is 9.84 Å². The Hall–Kier alpha value is -2.96. The molecule has 0 aliphatic rings. The first-order chi connectivity index (χ1) is 12.9. The third-order valence-electron chi connectivity index (χ3n) is 4.24. The highest BCUT2D eigenvalue weighted by Crippen LogP contribution is 2.13. The van der Waals surface area contributed by atoms with Gasteiger partial charge in [-0.15, -0.1) is 0 Å². The number of hydrogen-bond donors (Lipinski definition) is 1. The number of carbonyl (C=O) groups is 1. The summed E-state index contributed by atoms with van der Waals surface area (Å²) >= 11 is 0. The molecule has 1 aromatic carbocycles. The van der Waals surface area contributed by atoms with Crippen LogP contribution in [0.1, 0.15) is 59.6 Å². The summed E-state index contributed by atoms with van der Waals surface area (Å²) in [7, 11) is 0. The fraction of sp³-hybridized carbons (Fsp3) is 0.400. The van der Waals surface area contributed by atoms with Crippen LogP contribution in [0.25, 0.3) is 5.69 Å².